The summed E-state index contributed by atoms with van der Waals surface area (Å²) in [6.45, 7) is 2.93. The molecule has 2 N–H and O–H groups in total. The van der Waals surface area contributed by atoms with Gasteiger partial charge in [0.2, 0.25) is 11.8 Å². The van der Waals surface area contributed by atoms with Crippen molar-refractivity contribution in [3.8, 4) is 0 Å². The standard InChI is InChI=1S/C14H16N2O6S/c1-3-22-14(19)9-8-13(18)15-11-4-6-12(7-5-11)23(20,21)16-10(2)17/h4-9H,3H2,1-2H3,(H,15,18)(H,16,17). The molecule has 0 spiro atoms. The number of amides is 2. The molecule has 0 aromatic heterocycles. The van der Waals surface area contributed by atoms with Gasteiger partial charge in [0.1, 0.15) is 0 Å². The van der Waals surface area contributed by atoms with Crippen molar-refractivity contribution in [1.29, 1.82) is 0 Å². The third-order valence-electron chi connectivity index (χ3n) is 2.37. The molecule has 0 aliphatic heterocycles. The van der Waals surface area contributed by atoms with E-state index in [0.717, 1.165) is 19.1 Å². The number of benzene rings is 1. The predicted molar refractivity (Wildman–Crippen MR) is 81.8 cm³/mol. The molecule has 0 saturated heterocycles. The smallest absolute Gasteiger partial charge is 0.330 e. The molecule has 0 aliphatic carbocycles. The van der Waals surface area contributed by atoms with Gasteiger partial charge in [0, 0.05) is 24.8 Å². The molecule has 0 unspecified atom stereocenters. The second kappa shape index (κ2) is 8.08. The topological polar surface area (TPSA) is 119 Å². The zero-order valence-electron chi connectivity index (χ0n) is 12.5. The Kier molecular flexibility index (Phi) is 6.46. The number of rotatable bonds is 6. The van der Waals surface area contributed by atoms with Gasteiger partial charge >= 0.3 is 5.97 Å². The molecular formula is C14H16N2O6S. The Labute approximate surface area is 133 Å². The first-order valence-corrected chi connectivity index (χ1v) is 8.02. The van der Waals surface area contributed by atoms with E-state index in [0.29, 0.717) is 5.69 Å². The van der Waals surface area contributed by atoms with Gasteiger partial charge in [-0.05, 0) is 31.2 Å². The monoisotopic (exact) mass is 340 g/mol. The molecule has 8 nitrogen and oxygen atoms in total. The average Bonchev–Trinajstić information content (AvgIpc) is 2.45. The number of anilines is 1. The quantitative estimate of drug-likeness (QED) is 0.577. The van der Waals surface area contributed by atoms with Crippen LogP contribution in [-0.4, -0.2) is 32.8 Å². The van der Waals surface area contributed by atoms with Crippen molar-refractivity contribution in [1.82, 2.24) is 4.72 Å². The Morgan fingerprint density at radius 2 is 1.74 bits per heavy atom. The van der Waals surface area contributed by atoms with Gasteiger partial charge in [-0.15, -0.1) is 0 Å². The number of hydrogen-bond donors (Lipinski definition) is 2. The first-order valence-electron chi connectivity index (χ1n) is 6.54. The van der Waals surface area contributed by atoms with E-state index in [1.165, 1.54) is 24.3 Å². The molecule has 0 radical (unpaired) electrons. The molecule has 1 aromatic carbocycles. The van der Waals surface area contributed by atoms with Gasteiger partial charge in [-0.25, -0.2) is 17.9 Å². The summed E-state index contributed by atoms with van der Waals surface area (Å²) >= 11 is 0. The zero-order chi connectivity index (χ0) is 17.5. The molecule has 0 aliphatic rings. The number of nitrogens with one attached hydrogen (secondary N) is 2. The lowest BCUT2D eigenvalue weighted by molar-refractivity contribution is -0.137. The molecule has 0 bridgehead atoms. The SMILES string of the molecule is CCOC(=O)C=CC(=O)Nc1ccc(S(=O)(=O)NC(C)=O)cc1. The summed E-state index contributed by atoms with van der Waals surface area (Å²) in [6.07, 6.45) is 1.98. The molecule has 1 rings (SSSR count). The third-order valence-corrected chi connectivity index (χ3v) is 3.82. The Hall–Kier alpha value is -2.68. The number of esters is 1. The van der Waals surface area contributed by atoms with E-state index in [1.807, 2.05) is 4.72 Å². The molecular weight excluding hydrogens is 324 g/mol. The lowest BCUT2D eigenvalue weighted by Gasteiger charge is -2.06. The highest BCUT2D eigenvalue weighted by Gasteiger charge is 2.15. The summed E-state index contributed by atoms with van der Waals surface area (Å²) in [7, 11) is -3.92. The van der Waals surface area contributed by atoms with Crippen molar-refractivity contribution in [3.63, 3.8) is 0 Å². The van der Waals surface area contributed by atoms with Gasteiger partial charge in [-0.1, -0.05) is 0 Å². The average molecular weight is 340 g/mol. The number of carbonyl (C=O) groups excluding carboxylic acids is 3. The predicted octanol–water partition coefficient (Wildman–Crippen LogP) is 0.569. The number of ether oxygens (including phenoxy) is 1. The largest absolute Gasteiger partial charge is 0.463 e. The third kappa shape index (κ3) is 6.30. The van der Waals surface area contributed by atoms with Gasteiger partial charge in [0.25, 0.3) is 10.0 Å². The lowest BCUT2D eigenvalue weighted by atomic mass is 10.3. The maximum Gasteiger partial charge on any atom is 0.330 e. The van der Waals surface area contributed by atoms with Crippen molar-refractivity contribution in [2.45, 2.75) is 18.7 Å². The summed E-state index contributed by atoms with van der Waals surface area (Å²) in [6, 6.07) is 5.17. The molecule has 2 amide bonds. The normalized spacial score (nSPS) is 11.0. The highest BCUT2D eigenvalue weighted by atomic mass is 32.2. The Balaban J connectivity index is 2.73. The van der Waals surface area contributed by atoms with E-state index in [2.05, 4.69) is 10.1 Å². The van der Waals surface area contributed by atoms with Gasteiger partial charge < -0.3 is 10.1 Å². The van der Waals surface area contributed by atoms with E-state index in [4.69, 9.17) is 0 Å². The van der Waals surface area contributed by atoms with E-state index in [9.17, 15) is 22.8 Å². The van der Waals surface area contributed by atoms with E-state index in [-0.39, 0.29) is 11.5 Å². The first kappa shape index (κ1) is 18.4. The highest BCUT2D eigenvalue weighted by Crippen LogP contribution is 2.14. The van der Waals surface area contributed by atoms with Crippen LogP contribution in [-0.2, 0) is 29.1 Å². The minimum atomic E-state index is -3.92. The minimum absolute atomic E-state index is 0.118. The van der Waals surface area contributed by atoms with Crippen molar-refractivity contribution in [2.24, 2.45) is 0 Å². The second-order valence-electron chi connectivity index (χ2n) is 4.26. The maximum absolute atomic E-state index is 11.7. The molecule has 0 atom stereocenters. The Morgan fingerprint density at radius 1 is 1.13 bits per heavy atom. The molecule has 0 fully saturated rings. The van der Waals surface area contributed by atoms with Gasteiger partial charge in [-0.2, -0.15) is 0 Å². The molecule has 23 heavy (non-hydrogen) atoms. The summed E-state index contributed by atoms with van der Waals surface area (Å²) < 4.78 is 29.9. The second-order valence-corrected chi connectivity index (χ2v) is 5.94. The highest BCUT2D eigenvalue weighted by molar-refractivity contribution is 7.90. The van der Waals surface area contributed by atoms with E-state index < -0.39 is 27.8 Å². The maximum atomic E-state index is 11.7. The molecule has 1 aromatic rings. The molecule has 124 valence electrons. The molecule has 9 heteroatoms. The van der Waals surface area contributed by atoms with Gasteiger partial charge in [-0.3, -0.25) is 9.59 Å². The summed E-state index contributed by atoms with van der Waals surface area (Å²) in [5.74, 6) is -1.92. The number of sulfonamides is 1. The van der Waals surface area contributed by atoms with Crippen LogP contribution in [0.2, 0.25) is 0 Å². The summed E-state index contributed by atoms with van der Waals surface area (Å²) in [4.78, 5) is 33.3. The number of hydrogen-bond acceptors (Lipinski definition) is 6. The summed E-state index contributed by atoms with van der Waals surface area (Å²) in [5.41, 5.74) is 0.324. The van der Waals surface area contributed by atoms with Crippen molar-refractivity contribution >= 4 is 33.5 Å². The first-order chi connectivity index (χ1) is 10.7. The van der Waals surface area contributed by atoms with Crippen molar-refractivity contribution < 1.29 is 27.5 Å². The lowest BCUT2D eigenvalue weighted by Crippen LogP contribution is -2.28. The fourth-order valence-corrected chi connectivity index (χ4v) is 2.47. The molecule has 0 saturated carbocycles. The zero-order valence-corrected chi connectivity index (χ0v) is 13.3. The van der Waals surface area contributed by atoms with Crippen LogP contribution in [0.15, 0.2) is 41.3 Å². The number of carbonyl (C=O) groups is 3. The van der Waals surface area contributed by atoms with Crippen LogP contribution in [0, 0.1) is 0 Å². The van der Waals surface area contributed by atoms with Crippen LogP contribution in [0.3, 0.4) is 0 Å². The Morgan fingerprint density at radius 3 is 2.26 bits per heavy atom. The summed E-state index contributed by atoms with van der Waals surface area (Å²) in [5, 5.41) is 2.44. The van der Waals surface area contributed by atoms with E-state index in [1.54, 1.807) is 6.92 Å². The minimum Gasteiger partial charge on any atom is -0.463 e. The van der Waals surface area contributed by atoms with Crippen molar-refractivity contribution in [2.75, 3.05) is 11.9 Å². The fourth-order valence-electron chi connectivity index (χ4n) is 1.48. The molecule has 0 heterocycles. The van der Waals surface area contributed by atoms with Crippen LogP contribution >= 0.6 is 0 Å². The fraction of sp³-hybridized carbons (Fsp3) is 0.214. The Bertz CT molecular complexity index is 722. The van der Waals surface area contributed by atoms with Crippen molar-refractivity contribution in [3.05, 3.63) is 36.4 Å². The van der Waals surface area contributed by atoms with Gasteiger partial charge in [0.05, 0.1) is 11.5 Å². The van der Waals surface area contributed by atoms with Crippen LogP contribution in [0.25, 0.3) is 0 Å². The van der Waals surface area contributed by atoms with Crippen LogP contribution in [0.1, 0.15) is 13.8 Å². The van der Waals surface area contributed by atoms with Crippen LogP contribution in [0.5, 0.6) is 0 Å². The van der Waals surface area contributed by atoms with Crippen LogP contribution < -0.4 is 10.0 Å². The van der Waals surface area contributed by atoms with Crippen LogP contribution in [0.4, 0.5) is 5.69 Å². The van der Waals surface area contributed by atoms with Gasteiger partial charge in [0.15, 0.2) is 0 Å². The van der Waals surface area contributed by atoms with E-state index >= 15 is 0 Å².